The minimum absolute atomic E-state index is 0. The van der Waals surface area contributed by atoms with Gasteiger partial charge in [0.05, 0.1) is 0 Å². The minimum atomic E-state index is 0. The summed E-state index contributed by atoms with van der Waals surface area (Å²) in [6.07, 6.45) is 3.75. The molecule has 2 rings (SSSR count). The van der Waals surface area contributed by atoms with E-state index < -0.39 is 0 Å². The Morgan fingerprint density at radius 2 is 1.17 bits per heavy atom. The average Bonchev–Trinajstić information content (AvgIpc) is 2.64. The van der Waals surface area contributed by atoms with Gasteiger partial charge < -0.3 is 21.8 Å². The van der Waals surface area contributed by atoms with Crippen molar-refractivity contribution >= 4 is 0 Å². The van der Waals surface area contributed by atoms with Gasteiger partial charge in [0, 0.05) is 38.6 Å². The Balaban J connectivity index is 0.000000189. The number of aromatic amines is 1. The van der Waals surface area contributed by atoms with Crippen LogP contribution in [0.3, 0.4) is 0 Å². The van der Waals surface area contributed by atoms with E-state index in [2.05, 4.69) is 15.6 Å². The van der Waals surface area contributed by atoms with Gasteiger partial charge in [0.25, 0.3) is 0 Å². The second-order valence-electron chi connectivity index (χ2n) is 2.38. The molecule has 1 aromatic rings. The molecular weight excluding hydrogens is 152 g/mol. The summed E-state index contributed by atoms with van der Waals surface area (Å²) in [6.45, 7) is 4.56. The summed E-state index contributed by atoms with van der Waals surface area (Å²) in [5.41, 5.74) is 0. The van der Waals surface area contributed by atoms with Crippen molar-refractivity contribution in [2.45, 2.75) is 0 Å². The number of rotatable bonds is 0. The van der Waals surface area contributed by atoms with Crippen molar-refractivity contribution < 1.29 is 0 Å². The Labute approximate surface area is 73.3 Å². The highest BCUT2D eigenvalue weighted by Gasteiger charge is 1.91. The van der Waals surface area contributed by atoms with Crippen LogP contribution in [0.2, 0.25) is 0 Å². The number of piperazine rings is 1. The lowest BCUT2D eigenvalue weighted by Gasteiger charge is -2.11. The zero-order valence-corrected chi connectivity index (χ0v) is 7.34. The molecule has 1 aliphatic rings. The zero-order valence-electron chi connectivity index (χ0n) is 7.34. The molecule has 4 nitrogen and oxygen atoms in total. The molecule has 0 saturated carbocycles. The lowest BCUT2D eigenvalue weighted by Crippen LogP contribution is -2.39. The molecule has 0 aromatic carbocycles. The van der Waals surface area contributed by atoms with Gasteiger partial charge in [0.2, 0.25) is 0 Å². The molecule has 70 valence electrons. The van der Waals surface area contributed by atoms with E-state index in [-0.39, 0.29) is 6.15 Å². The Kier molecular flexibility index (Phi) is 7.68. The Morgan fingerprint density at radius 1 is 0.750 bits per heavy atom. The molecule has 1 aromatic heterocycles. The Bertz CT molecular complexity index is 117. The van der Waals surface area contributed by atoms with Crippen LogP contribution in [-0.4, -0.2) is 31.2 Å². The van der Waals surface area contributed by atoms with Gasteiger partial charge in [-0.05, 0) is 12.1 Å². The summed E-state index contributed by atoms with van der Waals surface area (Å²) in [4.78, 5) is 2.86. The summed E-state index contributed by atoms with van der Waals surface area (Å²) in [5, 5.41) is 6.44. The van der Waals surface area contributed by atoms with E-state index >= 15 is 0 Å². The van der Waals surface area contributed by atoms with Gasteiger partial charge in [0.1, 0.15) is 0 Å². The van der Waals surface area contributed by atoms with Crippen LogP contribution < -0.4 is 16.8 Å². The van der Waals surface area contributed by atoms with Gasteiger partial charge in [-0.15, -0.1) is 0 Å². The molecule has 0 aliphatic carbocycles. The highest BCUT2D eigenvalue weighted by atomic mass is 15.0. The van der Waals surface area contributed by atoms with Crippen LogP contribution in [0, 0.1) is 0 Å². The SMILES string of the molecule is C1CNCCN1.N.c1cc[nH]c1. The van der Waals surface area contributed by atoms with E-state index in [1.165, 1.54) is 0 Å². The fraction of sp³-hybridized carbons (Fsp3) is 0.500. The molecule has 0 atom stereocenters. The van der Waals surface area contributed by atoms with E-state index in [4.69, 9.17) is 0 Å². The van der Waals surface area contributed by atoms with E-state index in [1.807, 2.05) is 24.5 Å². The molecule has 0 bridgehead atoms. The summed E-state index contributed by atoms with van der Waals surface area (Å²) < 4.78 is 0. The Morgan fingerprint density at radius 3 is 1.33 bits per heavy atom. The van der Waals surface area contributed by atoms with Gasteiger partial charge >= 0.3 is 0 Å². The molecule has 2 heterocycles. The van der Waals surface area contributed by atoms with Crippen LogP contribution in [0.4, 0.5) is 0 Å². The molecule has 0 radical (unpaired) electrons. The molecule has 0 spiro atoms. The van der Waals surface area contributed by atoms with Crippen molar-refractivity contribution in [1.82, 2.24) is 21.8 Å². The molecule has 1 saturated heterocycles. The van der Waals surface area contributed by atoms with Crippen LogP contribution in [0.5, 0.6) is 0 Å². The van der Waals surface area contributed by atoms with Crippen LogP contribution in [0.1, 0.15) is 0 Å². The van der Waals surface area contributed by atoms with Crippen molar-refractivity contribution in [2.75, 3.05) is 26.2 Å². The summed E-state index contributed by atoms with van der Waals surface area (Å²) in [5.74, 6) is 0. The van der Waals surface area contributed by atoms with Crippen LogP contribution in [-0.2, 0) is 0 Å². The van der Waals surface area contributed by atoms with Gasteiger partial charge in [-0.25, -0.2) is 0 Å². The third kappa shape index (κ3) is 5.91. The molecule has 4 heteroatoms. The maximum Gasteiger partial charge on any atom is 0.00772 e. The van der Waals surface area contributed by atoms with Gasteiger partial charge in [-0.2, -0.15) is 0 Å². The standard InChI is InChI=1S/C4H10N2.C4H5N.H3N/c1-2-6-4-3-5-1;1-2-4-5-3-1;/h5-6H,1-4H2;1-5H;1H3. The minimum Gasteiger partial charge on any atom is -0.368 e. The second kappa shape index (κ2) is 8.26. The topological polar surface area (TPSA) is 74.8 Å². The maximum absolute atomic E-state index is 3.22. The summed E-state index contributed by atoms with van der Waals surface area (Å²) >= 11 is 0. The first-order chi connectivity index (χ1) is 5.50. The predicted molar refractivity (Wildman–Crippen MR) is 51.6 cm³/mol. The normalized spacial score (nSPS) is 15.3. The molecule has 1 fully saturated rings. The number of hydrogen-bond donors (Lipinski definition) is 4. The van der Waals surface area contributed by atoms with Crippen molar-refractivity contribution in [3.8, 4) is 0 Å². The van der Waals surface area contributed by atoms with E-state index in [0.717, 1.165) is 26.2 Å². The van der Waals surface area contributed by atoms with Crippen molar-refractivity contribution in [3.63, 3.8) is 0 Å². The van der Waals surface area contributed by atoms with Gasteiger partial charge in [-0.3, -0.25) is 0 Å². The van der Waals surface area contributed by atoms with E-state index in [9.17, 15) is 0 Å². The van der Waals surface area contributed by atoms with Crippen LogP contribution in [0.15, 0.2) is 24.5 Å². The lowest BCUT2D eigenvalue weighted by atomic mass is 10.4. The number of nitrogens with one attached hydrogen (secondary N) is 3. The molecule has 0 amide bonds. The third-order valence-corrected chi connectivity index (χ3v) is 1.45. The van der Waals surface area contributed by atoms with E-state index in [1.54, 1.807) is 0 Å². The number of aromatic nitrogens is 1. The van der Waals surface area contributed by atoms with Crippen molar-refractivity contribution in [1.29, 1.82) is 0 Å². The monoisotopic (exact) mass is 170 g/mol. The Hall–Kier alpha value is -0.840. The van der Waals surface area contributed by atoms with Crippen LogP contribution in [0.25, 0.3) is 0 Å². The predicted octanol–water partition coefficient (Wildman–Crippen LogP) is 0.356. The molecule has 12 heavy (non-hydrogen) atoms. The molecule has 1 aliphatic heterocycles. The molecular formula is C8H18N4. The quantitative estimate of drug-likeness (QED) is 0.454. The van der Waals surface area contributed by atoms with Crippen LogP contribution >= 0.6 is 0 Å². The first-order valence-electron chi connectivity index (χ1n) is 3.99. The summed E-state index contributed by atoms with van der Waals surface area (Å²) in [6, 6.07) is 3.89. The zero-order chi connectivity index (χ0) is 7.78. The second-order valence-corrected chi connectivity index (χ2v) is 2.38. The highest BCUT2D eigenvalue weighted by Crippen LogP contribution is 1.72. The number of H-pyrrole nitrogens is 1. The first kappa shape index (κ1) is 11.2. The van der Waals surface area contributed by atoms with E-state index in [0.29, 0.717) is 0 Å². The lowest BCUT2D eigenvalue weighted by molar-refractivity contribution is 0.534. The van der Waals surface area contributed by atoms with Crippen molar-refractivity contribution in [2.24, 2.45) is 0 Å². The summed E-state index contributed by atoms with van der Waals surface area (Å²) in [7, 11) is 0. The number of hydrogen-bond acceptors (Lipinski definition) is 3. The van der Waals surface area contributed by atoms with Crippen molar-refractivity contribution in [3.05, 3.63) is 24.5 Å². The molecule has 6 N–H and O–H groups in total. The smallest absolute Gasteiger partial charge is 0.00772 e. The first-order valence-corrected chi connectivity index (χ1v) is 3.99. The highest BCUT2D eigenvalue weighted by molar-refractivity contribution is 4.84. The third-order valence-electron chi connectivity index (χ3n) is 1.45. The average molecular weight is 170 g/mol. The molecule has 0 unspecified atom stereocenters. The maximum atomic E-state index is 3.22. The van der Waals surface area contributed by atoms with Gasteiger partial charge in [0.15, 0.2) is 0 Å². The fourth-order valence-corrected chi connectivity index (χ4v) is 0.881. The largest absolute Gasteiger partial charge is 0.368 e. The van der Waals surface area contributed by atoms with Gasteiger partial charge in [-0.1, -0.05) is 0 Å². The fourth-order valence-electron chi connectivity index (χ4n) is 0.881.